The van der Waals surface area contributed by atoms with E-state index >= 15 is 0 Å². The highest BCUT2D eigenvalue weighted by molar-refractivity contribution is 5.59. The van der Waals surface area contributed by atoms with Crippen LogP contribution in [0.2, 0.25) is 0 Å². The monoisotopic (exact) mass is 232 g/mol. The Hall–Kier alpha value is -1.22. The Morgan fingerprint density at radius 3 is 2.82 bits per heavy atom. The van der Waals surface area contributed by atoms with Gasteiger partial charge in [-0.25, -0.2) is 0 Å². The van der Waals surface area contributed by atoms with Gasteiger partial charge in [0, 0.05) is 30.4 Å². The van der Waals surface area contributed by atoms with Crippen LogP contribution in [0.5, 0.6) is 0 Å². The summed E-state index contributed by atoms with van der Waals surface area (Å²) in [5.74, 6) is 1.16. The molecule has 2 fully saturated rings. The molecule has 3 nitrogen and oxygen atoms in total. The fourth-order valence-corrected chi connectivity index (χ4v) is 3.47. The van der Waals surface area contributed by atoms with E-state index in [9.17, 15) is 5.11 Å². The van der Waals surface area contributed by atoms with Crippen LogP contribution in [0, 0.1) is 18.8 Å². The number of nitrogens with two attached hydrogens (primary N) is 1. The van der Waals surface area contributed by atoms with E-state index in [4.69, 9.17) is 5.73 Å². The number of anilines is 2. The van der Waals surface area contributed by atoms with Gasteiger partial charge in [0.15, 0.2) is 0 Å². The molecule has 3 N–H and O–H groups in total. The van der Waals surface area contributed by atoms with Crippen molar-refractivity contribution in [2.75, 3.05) is 23.7 Å². The highest BCUT2D eigenvalue weighted by atomic mass is 16.3. The third-order valence-corrected chi connectivity index (χ3v) is 4.38. The highest BCUT2D eigenvalue weighted by Crippen LogP contribution is 2.40. The van der Waals surface area contributed by atoms with Gasteiger partial charge in [-0.3, -0.25) is 0 Å². The van der Waals surface area contributed by atoms with Crippen LogP contribution >= 0.6 is 0 Å². The number of aryl methyl sites for hydroxylation is 1. The summed E-state index contributed by atoms with van der Waals surface area (Å²) in [4.78, 5) is 2.41. The van der Waals surface area contributed by atoms with Gasteiger partial charge in [0.05, 0.1) is 6.10 Å². The third-order valence-electron chi connectivity index (χ3n) is 4.38. The molecule has 0 spiro atoms. The normalized spacial score (nSPS) is 31.9. The largest absolute Gasteiger partial charge is 0.399 e. The maximum Gasteiger partial charge on any atom is 0.0588 e. The molecule has 1 aliphatic carbocycles. The Morgan fingerprint density at radius 2 is 2.12 bits per heavy atom. The minimum Gasteiger partial charge on any atom is -0.399 e. The number of nitrogens with zero attached hydrogens (tertiary/aromatic N) is 1. The van der Waals surface area contributed by atoms with Gasteiger partial charge in [0.2, 0.25) is 0 Å². The molecule has 1 saturated carbocycles. The third kappa shape index (κ3) is 1.78. The van der Waals surface area contributed by atoms with Crippen molar-refractivity contribution in [1.82, 2.24) is 0 Å². The van der Waals surface area contributed by atoms with Crippen molar-refractivity contribution >= 4 is 11.4 Å². The van der Waals surface area contributed by atoms with Crippen molar-refractivity contribution in [3.63, 3.8) is 0 Å². The summed E-state index contributed by atoms with van der Waals surface area (Å²) in [6.07, 6.45) is 2.08. The van der Waals surface area contributed by atoms with E-state index in [1.54, 1.807) is 0 Å². The summed E-state index contributed by atoms with van der Waals surface area (Å²) in [7, 11) is 0. The average molecular weight is 232 g/mol. The van der Waals surface area contributed by atoms with E-state index in [-0.39, 0.29) is 6.10 Å². The fourth-order valence-electron chi connectivity index (χ4n) is 3.47. The van der Waals surface area contributed by atoms with Gasteiger partial charge in [-0.05, 0) is 49.4 Å². The Balaban J connectivity index is 1.83. The minimum absolute atomic E-state index is 0.0842. The molecular weight excluding hydrogens is 212 g/mol. The van der Waals surface area contributed by atoms with Crippen molar-refractivity contribution in [1.29, 1.82) is 0 Å². The smallest absolute Gasteiger partial charge is 0.0588 e. The number of nitrogen functional groups attached to an aromatic ring is 1. The molecule has 3 heteroatoms. The van der Waals surface area contributed by atoms with E-state index in [1.165, 1.54) is 17.7 Å². The van der Waals surface area contributed by atoms with Gasteiger partial charge < -0.3 is 15.7 Å². The van der Waals surface area contributed by atoms with Crippen LogP contribution in [-0.2, 0) is 0 Å². The highest BCUT2D eigenvalue weighted by Gasteiger charge is 2.42. The maximum atomic E-state index is 9.93. The van der Waals surface area contributed by atoms with Crippen molar-refractivity contribution < 1.29 is 5.11 Å². The number of rotatable bonds is 1. The molecule has 1 aromatic rings. The molecular formula is C14H20N2O. The number of aliphatic hydroxyl groups excluding tert-OH is 1. The second kappa shape index (κ2) is 3.91. The van der Waals surface area contributed by atoms with E-state index in [0.717, 1.165) is 25.2 Å². The second-order valence-electron chi connectivity index (χ2n) is 5.52. The Bertz CT molecular complexity index is 432. The zero-order valence-electron chi connectivity index (χ0n) is 10.3. The predicted octanol–water partition coefficient (Wildman–Crippen LogP) is 1.78. The van der Waals surface area contributed by atoms with Gasteiger partial charge in [-0.1, -0.05) is 0 Å². The molecule has 92 valence electrons. The Morgan fingerprint density at radius 1 is 1.29 bits per heavy atom. The van der Waals surface area contributed by atoms with Crippen LogP contribution in [-0.4, -0.2) is 24.3 Å². The summed E-state index contributed by atoms with van der Waals surface area (Å²) >= 11 is 0. The first-order chi connectivity index (χ1) is 8.15. The van der Waals surface area contributed by atoms with Gasteiger partial charge in [0.25, 0.3) is 0 Å². The molecule has 1 aliphatic heterocycles. The maximum absolute atomic E-state index is 9.93. The first-order valence-corrected chi connectivity index (χ1v) is 6.44. The van der Waals surface area contributed by atoms with Gasteiger partial charge >= 0.3 is 0 Å². The summed E-state index contributed by atoms with van der Waals surface area (Å²) in [5, 5.41) is 9.93. The van der Waals surface area contributed by atoms with E-state index in [2.05, 4.69) is 17.9 Å². The Kier molecular flexibility index (Phi) is 2.51. The molecule has 3 rings (SSSR count). The molecule has 3 atom stereocenters. The van der Waals surface area contributed by atoms with Crippen LogP contribution in [0.3, 0.4) is 0 Å². The molecule has 0 aromatic heterocycles. The summed E-state index contributed by atoms with van der Waals surface area (Å²) in [5.41, 5.74) is 9.12. The number of aliphatic hydroxyl groups is 1. The van der Waals surface area contributed by atoms with E-state index in [0.29, 0.717) is 11.8 Å². The lowest BCUT2D eigenvalue weighted by Gasteiger charge is -2.22. The number of benzene rings is 1. The summed E-state index contributed by atoms with van der Waals surface area (Å²) < 4.78 is 0. The number of fused-ring (bicyclic) bond motifs is 1. The summed E-state index contributed by atoms with van der Waals surface area (Å²) in [6, 6.07) is 6.10. The van der Waals surface area contributed by atoms with Crippen LogP contribution < -0.4 is 10.6 Å². The molecule has 1 saturated heterocycles. The van der Waals surface area contributed by atoms with Crippen molar-refractivity contribution in [3.05, 3.63) is 23.8 Å². The first-order valence-electron chi connectivity index (χ1n) is 6.44. The first kappa shape index (κ1) is 10.9. The van der Waals surface area contributed by atoms with Crippen molar-refractivity contribution in [2.45, 2.75) is 25.9 Å². The lowest BCUT2D eigenvalue weighted by molar-refractivity contribution is 0.133. The summed E-state index contributed by atoms with van der Waals surface area (Å²) in [6.45, 7) is 4.19. The molecule has 0 bridgehead atoms. The molecule has 0 radical (unpaired) electrons. The standard InChI is InChI=1S/C14H20N2O/c1-9-6-11(15)3-4-13(9)16-7-10-2-5-14(17)12(10)8-16/h3-4,6,10,12,14,17H,2,5,7-8,15H2,1H3. The van der Waals surface area contributed by atoms with Gasteiger partial charge in [0.1, 0.15) is 0 Å². The lowest BCUT2D eigenvalue weighted by Crippen LogP contribution is -2.24. The minimum atomic E-state index is -0.0842. The lowest BCUT2D eigenvalue weighted by atomic mass is 10.00. The molecule has 3 unspecified atom stereocenters. The molecule has 0 amide bonds. The van der Waals surface area contributed by atoms with Crippen molar-refractivity contribution in [3.8, 4) is 0 Å². The molecule has 1 aromatic carbocycles. The zero-order chi connectivity index (χ0) is 12.0. The molecule has 1 heterocycles. The van der Waals surface area contributed by atoms with Crippen LogP contribution in [0.25, 0.3) is 0 Å². The van der Waals surface area contributed by atoms with Gasteiger partial charge in [-0.2, -0.15) is 0 Å². The molecule has 17 heavy (non-hydrogen) atoms. The zero-order valence-corrected chi connectivity index (χ0v) is 10.3. The SMILES string of the molecule is Cc1cc(N)ccc1N1CC2CCC(O)C2C1. The van der Waals surface area contributed by atoms with Crippen LogP contribution in [0.4, 0.5) is 11.4 Å². The van der Waals surface area contributed by atoms with Crippen LogP contribution in [0.1, 0.15) is 18.4 Å². The fraction of sp³-hybridized carbons (Fsp3) is 0.571. The predicted molar refractivity (Wildman–Crippen MR) is 70.0 cm³/mol. The van der Waals surface area contributed by atoms with Crippen LogP contribution in [0.15, 0.2) is 18.2 Å². The topological polar surface area (TPSA) is 49.5 Å². The van der Waals surface area contributed by atoms with E-state index < -0.39 is 0 Å². The molecule has 2 aliphatic rings. The average Bonchev–Trinajstić information content (AvgIpc) is 2.81. The second-order valence-corrected chi connectivity index (χ2v) is 5.52. The Labute approximate surface area is 102 Å². The van der Waals surface area contributed by atoms with E-state index in [1.807, 2.05) is 12.1 Å². The number of hydrogen-bond acceptors (Lipinski definition) is 3. The van der Waals surface area contributed by atoms with Gasteiger partial charge in [-0.15, -0.1) is 0 Å². The quantitative estimate of drug-likeness (QED) is 0.726. The van der Waals surface area contributed by atoms with Crippen molar-refractivity contribution in [2.24, 2.45) is 11.8 Å². The number of hydrogen-bond donors (Lipinski definition) is 2.